The van der Waals surface area contributed by atoms with Crippen LogP contribution in [-0.4, -0.2) is 5.71 Å². The summed E-state index contributed by atoms with van der Waals surface area (Å²) >= 11 is 0. The highest BCUT2D eigenvalue weighted by molar-refractivity contribution is 5.94. The highest BCUT2D eigenvalue weighted by Gasteiger charge is 1.98. The first-order valence-electron chi connectivity index (χ1n) is 3.94. The Morgan fingerprint density at radius 3 is 2.45 bits per heavy atom. The van der Waals surface area contributed by atoms with Crippen molar-refractivity contribution in [2.45, 2.75) is 27.2 Å². The fourth-order valence-electron chi connectivity index (χ4n) is 0.719. The molecule has 0 aromatic carbocycles. The molecule has 0 rings (SSSR count). The zero-order valence-corrected chi connectivity index (χ0v) is 7.65. The third-order valence-electron chi connectivity index (χ3n) is 1.49. The molecule has 0 saturated carbocycles. The van der Waals surface area contributed by atoms with Crippen molar-refractivity contribution in [2.75, 3.05) is 0 Å². The summed E-state index contributed by atoms with van der Waals surface area (Å²) in [5.74, 6) is 0.328. The van der Waals surface area contributed by atoms with Gasteiger partial charge in [0.05, 0.1) is 0 Å². The van der Waals surface area contributed by atoms with Gasteiger partial charge in [-0.3, -0.25) is 0 Å². The topological polar surface area (TPSA) is 23.9 Å². The van der Waals surface area contributed by atoms with E-state index in [0.29, 0.717) is 11.6 Å². The van der Waals surface area contributed by atoms with Gasteiger partial charge in [-0.05, 0) is 25.3 Å². The van der Waals surface area contributed by atoms with Crippen molar-refractivity contribution in [3.63, 3.8) is 0 Å². The summed E-state index contributed by atoms with van der Waals surface area (Å²) in [6, 6.07) is 0. The van der Waals surface area contributed by atoms with Gasteiger partial charge >= 0.3 is 0 Å². The smallest absolute Gasteiger partial charge is 0.0338 e. The van der Waals surface area contributed by atoms with Gasteiger partial charge in [0.2, 0.25) is 0 Å². The number of hydrogen-bond acceptors (Lipinski definition) is 1. The first-order valence-corrected chi connectivity index (χ1v) is 3.94. The number of nitrogens with one attached hydrogen (secondary N) is 1. The van der Waals surface area contributed by atoms with Gasteiger partial charge in [-0.1, -0.05) is 25.5 Å². The molecule has 0 saturated heterocycles. The average molecular weight is 151 g/mol. The van der Waals surface area contributed by atoms with Crippen LogP contribution < -0.4 is 0 Å². The minimum atomic E-state index is 0.328. The summed E-state index contributed by atoms with van der Waals surface area (Å²) in [7, 11) is 0. The van der Waals surface area contributed by atoms with Gasteiger partial charge in [0, 0.05) is 5.71 Å². The van der Waals surface area contributed by atoms with Crippen molar-refractivity contribution >= 4 is 5.71 Å². The zero-order chi connectivity index (χ0) is 8.85. The highest BCUT2D eigenvalue weighted by Crippen LogP contribution is 2.04. The van der Waals surface area contributed by atoms with Crippen LogP contribution in [0, 0.1) is 11.3 Å². The van der Waals surface area contributed by atoms with Crippen LogP contribution in [0.5, 0.6) is 0 Å². The molecule has 0 aliphatic carbocycles. The molecular weight excluding hydrogens is 134 g/mol. The summed E-state index contributed by atoms with van der Waals surface area (Å²) in [5.41, 5.74) is 1.91. The Hall–Kier alpha value is -0.850. The molecule has 0 aromatic heterocycles. The Labute approximate surface area is 69.3 Å². The second-order valence-electron chi connectivity index (χ2n) is 3.09. The summed E-state index contributed by atoms with van der Waals surface area (Å²) < 4.78 is 0. The molecular formula is C10H17N. The second kappa shape index (κ2) is 4.89. The van der Waals surface area contributed by atoms with Crippen LogP contribution in [-0.2, 0) is 0 Å². The van der Waals surface area contributed by atoms with Gasteiger partial charge in [0.25, 0.3) is 0 Å². The van der Waals surface area contributed by atoms with Gasteiger partial charge < -0.3 is 5.41 Å². The van der Waals surface area contributed by atoms with E-state index in [1.807, 2.05) is 32.9 Å². The van der Waals surface area contributed by atoms with Crippen LogP contribution in [0.4, 0.5) is 0 Å². The van der Waals surface area contributed by atoms with Gasteiger partial charge in [0.15, 0.2) is 0 Å². The van der Waals surface area contributed by atoms with Crippen molar-refractivity contribution in [3.05, 3.63) is 24.3 Å². The van der Waals surface area contributed by atoms with Crippen LogP contribution in [0.15, 0.2) is 24.3 Å². The number of rotatable bonds is 4. The quantitative estimate of drug-likeness (QED) is 0.471. The second-order valence-corrected chi connectivity index (χ2v) is 3.09. The maximum absolute atomic E-state index is 7.54. The molecule has 11 heavy (non-hydrogen) atoms. The molecule has 0 fully saturated rings. The lowest BCUT2D eigenvalue weighted by atomic mass is 10.0. The van der Waals surface area contributed by atoms with Crippen molar-refractivity contribution in [2.24, 2.45) is 5.92 Å². The minimum Gasteiger partial charge on any atom is -0.305 e. The third-order valence-corrected chi connectivity index (χ3v) is 1.49. The summed E-state index contributed by atoms with van der Waals surface area (Å²) in [6.07, 6.45) is 4.67. The zero-order valence-electron chi connectivity index (χ0n) is 7.65. The predicted octanol–water partition coefficient (Wildman–Crippen LogP) is 3.18. The van der Waals surface area contributed by atoms with Crippen molar-refractivity contribution < 1.29 is 0 Å². The van der Waals surface area contributed by atoms with Crippen LogP contribution >= 0.6 is 0 Å². The number of hydrogen-bond donors (Lipinski definition) is 1. The Bertz CT molecular complexity index is 175. The van der Waals surface area contributed by atoms with Crippen molar-refractivity contribution in [1.82, 2.24) is 0 Å². The molecule has 0 bridgehead atoms. The van der Waals surface area contributed by atoms with E-state index in [1.54, 1.807) is 0 Å². The summed E-state index contributed by atoms with van der Waals surface area (Å²) in [6.45, 7) is 9.72. The molecule has 0 spiro atoms. The van der Waals surface area contributed by atoms with Gasteiger partial charge in [-0.15, -0.1) is 6.58 Å². The molecule has 0 aromatic rings. The highest BCUT2D eigenvalue weighted by atomic mass is 14.4. The van der Waals surface area contributed by atoms with Gasteiger partial charge in [-0.25, -0.2) is 0 Å². The van der Waals surface area contributed by atoms with E-state index in [4.69, 9.17) is 5.41 Å². The summed E-state index contributed by atoms with van der Waals surface area (Å²) in [5, 5.41) is 7.54. The lowest BCUT2D eigenvalue weighted by Gasteiger charge is -2.02. The fourth-order valence-corrected chi connectivity index (χ4v) is 0.719. The van der Waals surface area contributed by atoms with Gasteiger partial charge in [0.1, 0.15) is 0 Å². The molecule has 0 unspecified atom stereocenters. The Morgan fingerprint density at radius 2 is 2.09 bits per heavy atom. The maximum Gasteiger partial charge on any atom is 0.0338 e. The average Bonchev–Trinajstić information content (AvgIpc) is 1.87. The molecule has 0 amide bonds. The molecule has 0 aliphatic heterocycles. The molecule has 1 N–H and O–H groups in total. The Morgan fingerprint density at radius 1 is 1.55 bits per heavy atom. The lowest BCUT2D eigenvalue weighted by Crippen LogP contribution is -2.02. The van der Waals surface area contributed by atoms with E-state index in [1.165, 1.54) is 5.57 Å². The van der Waals surface area contributed by atoms with Crippen LogP contribution in [0.2, 0.25) is 0 Å². The van der Waals surface area contributed by atoms with E-state index in [-0.39, 0.29) is 0 Å². The van der Waals surface area contributed by atoms with Crippen molar-refractivity contribution in [3.8, 4) is 0 Å². The molecule has 62 valence electrons. The van der Waals surface area contributed by atoms with Crippen molar-refractivity contribution in [1.29, 1.82) is 5.41 Å². The first kappa shape index (κ1) is 10.2. The number of allylic oxidation sites excluding steroid dienone is 3. The molecule has 1 heteroatoms. The SMILES string of the molecule is C=CC/C(C)=C/C(=N)C(C)C. The van der Waals surface area contributed by atoms with Gasteiger partial charge in [-0.2, -0.15) is 0 Å². The van der Waals surface area contributed by atoms with E-state index < -0.39 is 0 Å². The van der Waals surface area contributed by atoms with Crippen LogP contribution in [0.1, 0.15) is 27.2 Å². The molecule has 0 radical (unpaired) electrons. The van der Waals surface area contributed by atoms with E-state index in [0.717, 1.165) is 6.42 Å². The first-order chi connectivity index (χ1) is 5.07. The Kier molecular flexibility index (Phi) is 4.51. The van der Waals surface area contributed by atoms with E-state index in [9.17, 15) is 0 Å². The molecule has 0 atom stereocenters. The molecule has 1 nitrogen and oxygen atoms in total. The molecule has 0 heterocycles. The maximum atomic E-state index is 7.54. The molecule has 0 aliphatic rings. The summed E-state index contributed by atoms with van der Waals surface area (Å²) in [4.78, 5) is 0. The largest absolute Gasteiger partial charge is 0.305 e. The fraction of sp³-hybridized carbons (Fsp3) is 0.500. The van der Waals surface area contributed by atoms with Crippen LogP contribution in [0.3, 0.4) is 0 Å². The van der Waals surface area contributed by atoms with E-state index in [2.05, 4.69) is 6.58 Å². The normalized spacial score (nSPS) is 11.8. The van der Waals surface area contributed by atoms with E-state index >= 15 is 0 Å². The standard InChI is InChI=1S/C10H17N/c1-5-6-9(4)7-10(11)8(2)3/h5,7-8,11H,1,6H2,2-4H3/b9-7+,11-10?. The lowest BCUT2D eigenvalue weighted by molar-refractivity contribution is 0.880. The Balaban J connectivity index is 4.07. The monoisotopic (exact) mass is 151 g/mol. The third kappa shape index (κ3) is 4.54. The minimum absolute atomic E-state index is 0.328. The van der Waals surface area contributed by atoms with Crippen LogP contribution in [0.25, 0.3) is 0 Å². The predicted molar refractivity (Wildman–Crippen MR) is 51.1 cm³/mol.